The van der Waals surface area contributed by atoms with E-state index in [0.717, 1.165) is 22.9 Å². The molecule has 3 amide bonds. The summed E-state index contributed by atoms with van der Waals surface area (Å²) >= 11 is 0. The zero-order valence-corrected chi connectivity index (χ0v) is 22.2. The molecule has 0 bridgehead atoms. The molecular formula is C31H36N4O3. The maximum absolute atomic E-state index is 13.9. The number of benzene rings is 3. The van der Waals surface area contributed by atoms with Crippen molar-refractivity contribution < 1.29 is 14.4 Å². The minimum Gasteiger partial charge on any atom is -0.354 e. The van der Waals surface area contributed by atoms with Crippen molar-refractivity contribution in [2.75, 3.05) is 37.7 Å². The molecule has 1 atom stereocenters. The van der Waals surface area contributed by atoms with Crippen LogP contribution in [0.4, 0.5) is 5.69 Å². The highest BCUT2D eigenvalue weighted by Crippen LogP contribution is 2.39. The second kappa shape index (κ2) is 10.9. The molecule has 7 nitrogen and oxygen atoms in total. The van der Waals surface area contributed by atoms with Crippen molar-refractivity contribution in [1.82, 2.24) is 15.1 Å². The Hall–Kier alpha value is -3.87. The van der Waals surface area contributed by atoms with Crippen LogP contribution in [0.15, 0.2) is 72.8 Å². The van der Waals surface area contributed by atoms with Crippen molar-refractivity contribution in [2.45, 2.75) is 38.6 Å². The molecule has 3 aromatic rings. The van der Waals surface area contributed by atoms with Crippen LogP contribution in [-0.4, -0.2) is 65.9 Å². The van der Waals surface area contributed by atoms with E-state index in [2.05, 4.69) is 24.1 Å². The van der Waals surface area contributed by atoms with Crippen molar-refractivity contribution in [3.05, 3.63) is 78.4 Å². The summed E-state index contributed by atoms with van der Waals surface area (Å²) in [5, 5.41) is 5.11. The van der Waals surface area contributed by atoms with Gasteiger partial charge >= 0.3 is 0 Å². The topological polar surface area (TPSA) is 73.0 Å². The molecule has 1 N–H and O–H groups in total. The van der Waals surface area contributed by atoms with Gasteiger partial charge in [-0.25, -0.2) is 0 Å². The first-order valence-electron chi connectivity index (χ1n) is 13.6. The Morgan fingerprint density at radius 1 is 0.947 bits per heavy atom. The van der Waals surface area contributed by atoms with Gasteiger partial charge in [0.05, 0.1) is 6.67 Å². The number of para-hydroxylation sites is 1. The molecular weight excluding hydrogens is 476 g/mol. The molecule has 1 unspecified atom stereocenters. The maximum Gasteiger partial charge on any atom is 0.253 e. The predicted octanol–water partition coefficient (Wildman–Crippen LogP) is 4.28. The molecule has 7 heteroatoms. The fourth-order valence-electron chi connectivity index (χ4n) is 5.57. The average Bonchev–Trinajstić information content (AvgIpc) is 3.22. The van der Waals surface area contributed by atoms with E-state index < -0.39 is 5.54 Å². The van der Waals surface area contributed by atoms with Gasteiger partial charge in [0.2, 0.25) is 5.91 Å². The van der Waals surface area contributed by atoms with Gasteiger partial charge in [0.25, 0.3) is 11.8 Å². The van der Waals surface area contributed by atoms with Crippen LogP contribution in [0, 0.1) is 5.92 Å². The third-order valence-electron chi connectivity index (χ3n) is 8.14. The highest BCUT2D eigenvalue weighted by Gasteiger charge is 2.54. The first kappa shape index (κ1) is 25.8. The molecule has 2 aliphatic heterocycles. The van der Waals surface area contributed by atoms with Gasteiger partial charge in [-0.3, -0.25) is 14.4 Å². The molecule has 2 heterocycles. The van der Waals surface area contributed by atoms with E-state index in [-0.39, 0.29) is 24.3 Å². The van der Waals surface area contributed by atoms with E-state index >= 15 is 0 Å². The van der Waals surface area contributed by atoms with Gasteiger partial charge in [-0.05, 0) is 53.8 Å². The van der Waals surface area contributed by atoms with Crippen molar-refractivity contribution in [2.24, 2.45) is 5.92 Å². The summed E-state index contributed by atoms with van der Waals surface area (Å²) in [6.07, 6.45) is 2.03. The van der Waals surface area contributed by atoms with E-state index in [0.29, 0.717) is 50.6 Å². The highest BCUT2D eigenvalue weighted by molar-refractivity contribution is 6.00. The van der Waals surface area contributed by atoms with E-state index in [1.807, 2.05) is 77.7 Å². The lowest BCUT2D eigenvalue weighted by molar-refractivity contribution is -0.137. The summed E-state index contributed by atoms with van der Waals surface area (Å²) in [6, 6.07) is 23.7. The Morgan fingerprint density at radius 2 is 1.63 bits per heavy atom. The van der Waals surface area contributed by atoms with Crippen LogP contribution in [0.5, 0.6) is 0 Å². The zero-order chi connectivity index (χ0) is 26.7. The van der Waals surface area contributed by atoms with Crippen molar-refractivity contribution in [3.8, 4) is 0 Å². The van der Waals surface area contributed by atoms with Gasteiger partial charge in [0.15, 0.2) is 0 Å². The molecule has 0 aromatic heterocycles. The molecule has 2 fully saturated rings. The van der Waals surface area contributed by atoms with E-state index in [9.17, 15) is 14.4 Å². The van der Waals surface area contributed by atoms with Gasteiger partial charge in [0, 0.05) is 30.9 Å². The largest absolute Gasteiger partial charge is 0.354 e. The summed E-state index contributed by atoms with van der Waals surface area (Å²) in [6.45, 7) is 6.17. The van der Waals surface area contributed by atoms with Gasteiger partial charge in [-0.1, -0.05) is 68.8 Å². The van der Waals surface area contributed by atoms with Crippen LogP contribution in [0.25, 0.3) is 10.8 Å². The molecule has 0 saturated carbocycles. The average molecular weight is 513 g/mol. The summed E-state index contributed by atoms with van der Waals surface area (Å²) in [5.74, 6) is 0.221. The van der Waals surface area contributed by atoms with Crippen LogP contribution in [-0.2, 0) is 9.59 Å². The van der Waals surface area contributed by atoms with Crippen LogP contribution >= 0.6 is 0 Å². The van der Waals surface area contributed by atoms with E-state index in [4.69, 9.17) is 0 Å². The number of rotatable bonds is 7. The number of carbonyl (C=O) groups is 3. The lowest BCUT2D eigenvalue weighted by Gasteiger charge is -2.43. The summed E-state index contributed by atoms with van der Waals surface area (Å²) in [4.78, 5) is 45.6. The van der Waals surface area contributed by atoms with Gasteiger partial charge < -0.3 is 20.0 Å². The lowest BCUT2D eigenvalue weighted by atomic mass is 9.85. The third kappa shape index (κ3) is 4.97. The predicted molar refractivity (Wildman–Crippen MR) is 150 cm³/mol. The van der Waals surface area contributed by atoms with Gasteiger partial charge in [-0.2, -0.15) is 0 Å². The number of nitrogens with one attached hydrogen (secondary N) is 1. The fraction of sp³-hybridized carbons (Fsp3) is 0.387. The molecule has 1 spiro atoms. The van der Waals surface area contributed by atoms with Crippen LogP contribution in [0.3, 0.4) is 0 Å². The number of amides is 3. The second-order valence-electron chi connectivity index (χ2n) is 10.6. The molecule has 38 heavy (non-hydrogen) atoms. The normalized spacial score (nSPS) is 17.7. The number of hydrogen-bond donors (Lipinski definition) is 1. The number of piperidine rings is 1. The Labute approximate surface area is 224 Å². The maximum atomic E-state index is 13.9. The summed E-state index contributed by atoms with van der Waals surface area (Å²) < 4.78 is 0. The van der Waals surface area contributed by atoms with Crippen LogP contribution < -0.4 is 10.2 Å². The summed E-state index contributed by atoms with van der Waals surface area (Å²) in [5.41, 5.74) is 0.855. The number of likely N-dealkylation sites (tertiary alicyclic amines) is 1. The van der Waals surface area contributed by atoms with Gasteiger partial charge in [-0.15, -0.1) is 0 Å². The first-order chi connectivity index (χ1) is 18.4. The highest BCUT2D eigenvalue weighted by atomic mass is 16.2. The third-order valence-corrected chi connectivity index (χ3v) is 8.14. The van der Waals surface area contributed by atoms with E-state index in [1.165, 1.54) is 0 Å². The molecule has 0 radical (unpaired) electrons. The monoisotopic (exact) mass is 512 g/mol. The molecule has 0 aliphatic carbocycles. The van der Waals surface area contributed by atoms with Crippen LogP contribution in [0.2, 0.25) is 0 Å². The number of nitrogens with zero attached hydrogens (tertiary/aromatic N) is 3. The molecule has 198 valence electrons. The lowest BCUT2D eigenvalue weighted by Crippen LogP contribution is -2.57. The number of fused-ring (bicyclic) bond motifs is 1. The smallest absolute Gasteiger partial charge is 0.253 e. The van der Waals surface area contributed by atoms with Crippen molar-refractivity contribution in [3.63, 3.8) is 0 Å². The molecule has 5 rings (SSSR count). The van der Waals surface area contributed by atoms with E-state index in [1.54, 1.807) is 4.90 Å². The quantitative estimate of drug-likeness (QED) is 0.513. The fourth-order valence-corrected chi connectivity index (χ4v) is 5.57. The standard InChI is InChI=1S/C31H36N4O3/c1-3-23(2)20-32-28(36)21-34-22-35(27-11-5-4-6-12-27)31(30(34)38)15-17-33(18-16-31)29(37)26-14-13-24-9-7-8-10-25(24)19-26/h4-14,19,23H,3,15-18,20-22H2,1-2H3,(H,32,36). The Bertz CT molecular complexity index is 1320. The first-order valence-corrected chi connectivity index (χ1v) is 13.6. The summed E-state index contributed by atoms with van der Waals surface area (Å²) in [7, 11) is 0. The Kier molecular flexibility index (Phi) is 7.36. The Balaban J connectivity index is 1.32. The van der Waals surface area contributed by atoms with Gasteiger partial charge in [0.1, 0.15) is 12.1 Å². The van der Waals surface area contributed by atoms with Crippen molar-refractivity contribution >= 4 is 34.2 Å². The number of anilines is 1. The minimum atomic E-state index is -0.765. The molecule has 2 saturated heterocycles. The number of carbonyl (C=O) groups excluding carboxylic acids is 3. The SMILES string of the molecule is CCC(C)CNC(=O)CN1CN(c2ccccc2)C2(CCN(C(=O)c3ccc4ccccc4c3)CC2)C1=O. The molecule has 3 aromatic carbocycles. The van der Waals surface area contributed by atoms with Crippen molar-refractivity contribution in [1.29, 1.82) is 0 Å². The number of hydrogen-bond acceptors (Lipinski definition) is 4. The molecule has 2 aliphatic rings. The Morgan fingerprint density at radius 3 is 2.34 bits per heavy atom. The second-order valence-corrected chi connectivity index (χ2v) is 10.6. The van der Waals surface area contributed by atoms with Crippen LogP contribution in [0.1, 0.15) is 43.5 Å². The minimum absolute atomic E-state index is 0.0106. The zero-order valence-electron chi connectivity index (χ0n) is 22.2.